The summed E-state index contributed by atoms with van der Waals surface area (Å²) in [5.74, 6) is -1.01. The predicted octanol–water partition coefficient (Wildman–Crippen LogP) is 2.11. The number of nitrogens with zero attached hydrogens (tertiary/aromatic N) is 2. The maximum absolute atomic E-state index is 12.9. The standard InChI is InChI=1S/C13H13FN2O3/c1-9-7-12(13(17)18)16(15-9)5-6-19-11-4-2-3-10(14)8-11/h2-4,7-8H,5-6H2,1H3,(H,17,18). The van der Waals surface area contributed by atoms with Crippen molar-refractivity contribution in [2.75, 3.05) is 6.61 Å². The highest BCUT2D eigenvalue weighted by Crippen LogP contribution is 2.12. The van der Waals surface area contributed by atoms with Gasteiger partial charge in [-0.05, 0) is 25.1 Å². The Morgan fingerprint density at radius 2 is 2.26 bits per heavy atom. The minimum absolute atomic E-state index is 0.111. The topological polar surface area (TPSA) is 64.3 Å². The Labute approximate surface area is 109 Å². The van der Waals surface area contributed by atoms with Crippen LogP contribution in [0, 0.1) is 12.7 Å². The fourth-order valence-corrected chi connectivity index (χ4v) is 1.69. The fourth-order valence-electron chi connectivity index (χ4n) is 1.69. The average Bonchev–Trinajstić information content (AvgIpc) is 2.71. The molecule has 0 atom stereocenters. The number of carboxylic acids is 1. The van der Waals surface area contributed by atoms with Gasteiger partial charge >= 0.3 is 5.97 Å². The van der Waals surface area contributed by atoms with Gasteiger partial charge in [-0.15, -0.1) is 0 Å². The molecular formula is C13H13FN2O3. The summed E-state index contributed by atoms with van der Waals surface area (Å²) in [4.78, 5) is 11.0. The largest absolute Gasteiger partial charge is 0.492 e. The molecule has 5 nitrogen and oxygen atoms in total. The molecule has 0 radical (unpaired) electrons. The van der Waals surface area contributed by atoms with Crippen molar-refractivity contribution in [2.45, 2.75) is 13.5 Å². The summed E-state index contributed by atoms with van der Waals surface area (Å²) in [6.07, 6.45) is 0. The van der Waals surface area contributed by atoms with Crippen molar-refractivity contribution in [3.05, 3.63) is 47.5 Å². The van der Waals surface area contributed by atoms with Crippen molar-refractivity contribution in [3.8, 4) is 5.75 Å². The number of aryl methyl sites for hydroxylation is 1. The Balaban J connectivity index is 1.98. The lowest BCUT2D eigenvalue weighted by Crippen LogP contribution is -2.15. The molecule has 0 aliphatic carbocycles. The monoisotopic (exact) mass is 264 g/mol. The number of carbonyl (C=O) groups is 1. The molecule has 0 amide bonds. The Morgan fingerprint density at radius 3 is 2.95 bits per heavy atom. The van der Waals surface area contributed by atoms with E-state index in [0.717, 1.165) is 0 Å². The van der Waals surface area contributed by atoms with Crippen molar-refractivity contribution < 1.29 is 19.0 Å². The molecule has 0 bridgehead atoms. The summed E-state index contributed by atoms with van der Waals surface area (Å²) in [5.41, 5.74) is 0.739. The Morgan fingerprint density at radius 1 is 1.47 bits per heavy atom. The zero-order valence-electron chi connectivity index (χ0n) is 10.3. The first-order valence-corrected chi connectivity index (χ1v) is 5.72. The first kappa shape index (κ1) is 13.1. The molecule has 1 aromatic carbocycles. The van der Waals surface area contributed by atoms with Crippen LogP contribution >= 0.6 is 0 Å². The Hall–Kier alpha value is -2.37. The molecule has 0 fully saturated rings. The third-order valence-corrected chi connectivity index (χ3v) is 2.49. The van der Waals surface area contributed by atoms with Crippen molar-refractivity contribution in [1.82, 2.24) is 9.78 Å². The molecule has 2 aromatic rings. The van der Waals surface area contributed by atoms with Crippen molar-refractivity contribution in [1.29, 1.82) is 0 Å². The summed E-state index contributed by atoms with van der Waals surface area (Å²) in [6.45, 7) is 2.22. The molecule has 0 aliphatic rings. The highest BCUT2D eigenvalue weighted by molar-refractivity contribution is 5.85. The number of carboxylic acid groups (broad SMARTS) is 1. The van der Waals surface area contributed by atoms with Crippen LogP contribution in [0.5, 0.6) is 5.75 Å². The van der Waals surface area contributed by atoms with E-state index in [0.29, 0.717) is 11.4 Å². The van der Waals surface area contributed by atoms with Crippen LogP contribution in [-0.2, 0) is 6.54 Å². The summed E-state index contributed by atoms with van der Waals surface area (Å²) >= 11 is 0. The molecule has 0 aliphatic heterocycles. The number of hydrogen-bond donors (Lipinski definition) is 1. The third-order valence-electron chi connectivity index (χ3n) is 2.49. The van der Waals surface area contributed by atoms with E-state index in [1.807, 2.05) is 0 Å². The summed E-state index contributed by atoms with van der Waals surface area (Å²) in [5, 5.41) is 13.0. The van der Waals surface area contributed by atoms with Crippen LogP contribution in [0.2, 0.25) is 0 Å². The average molecular weight is 264 g/mol. The highest BCUT2D eigenvalue weighted by atomic mass is 19.1. The number of benzene rings is 1. The zero-order valence-corrected chi connectivity index (χ0v) is 10.3. The van der Waals surface area contributed by atoms with Gasteiger partial charge in [0.15, 0.2) is 0 Å². The van der Waals surface area contributed by atoms with Gasteiger partial charge in [0.05, 0.1) is 12.2 Å². The molecule has 0 unspecified atom stereocenters. The number of aromatic nitrogens is 2. The molecular weight excluding hydrogens is 251 g/mol. The van der Waals surface area contributed by atoms with Crippen molar-refractivity contribution in [2.24, 2.45) is 0 Å². The first-order chi connectivity index (χ1) is 9.06. The molecule has 0 saturated heterocycles. The van der Waals surface area contributed by atoms with E-state index in [1.165, 1.54) is 22.9 Å². The first-order valence-electron chi connectivity index (χ1n) is 5.72. The molecule has 1 aromatic heterocycles. The van der Waals surface area contributed by atoms with E-state index >= 15 is 0 Å². The molecule has 0 spiro atoms. The normalized spacial score (nSPS) is 10.4. The fraction of sp³-hybridized carbons (Fsp3) is 0.231. The van der Waals surface area contributed by atoms with Gasteiger partial charge < -0.3 is 9.84 Å². The number of rotatable bonds is 5. The Bertz CT molecular complexity index is 595. The Kier molecular flexibility index (Phi) is 3.79. The lowest BCUT2D eigenvalue weighted by Gasteiger charge is -2.07. The smallest absolute Gasteiger partial charge is 0.354 e. The predicted molar refractivity (Wildman–Crippen MR) is 65.8 cm³/mol. The molecule has 1 N–H and O–H groups in total. The van der Waals surface area contributed by atoms with Gasteiger partial charge in [0.1, 0.15) is 23.9 Å². The molecule has 0 saturated carbocycles. The van der Waals surface area contributed by atoms with Gasteiger partial charge in [0.2, 0.25) is 0 Å². The number of aromatic carboxylic acids is 1. The van der Waals surface area contributed by atoms with Gasteiger partial charge in [-0.25, -0.2) is 9.18 Å². The van der Waals surface area contributed by atoms with Gasteiger partial charge in [0, 0.05) is 6.07 Å². The number of hydrogen-bond acceptors (Lipinski definition) is 3. The molecule has 6 heteroatoms. The van der Waals surface area contributed by atoms with E-state index in [1.54, 1.807) is 19.1 Å². The van der Waals surface area contributed by atoms with E-state index < -0.39 is 5.97 Å². The summed E-state index contributed by atoms with van der Waals surface area (Å²) in [6, 6.07) is 7.27. The molecule has 19 heavy (non-hydrogen) atoms. The summed E-state index contributed by atoms with van der Waals surface area (Å²) < 4.78 is 19.6. The van der Waals surface area contributed by atoms with Crippen molar-refractivity contribution >= 4 is 5.97 Å². The second-order valence-corrected chi connectivity index (χ2v) is 4.01. The molecule has 1 heterocycles. The van der Waals surface area contributed by atoms with Gasteiger partial charge in [-0.1, -0.05) is 6.07 Å². The minimum atomic E-state index is -1.04. The van der Waals surface area contributed by atoms with E-state index in [2.05, 4.69) is 5.10 Å². The van der Waals surface area contributed by atoms with Crippen LogP contribution in [0.3, 0.4) is 0 Å². The van der Waals surface area contributed by atoms with Crippen LogP contribution in [0.1, 0.15) is 16.2 Å². The zero-order chi connectivity index (χ0) is 13.8. The second-order valence-electron chi connectivity index (χ2n) is 4.01. The van der Waals surface area contributed by atoms with Gasteiger partial charge in [0.25, 0.3) is 0 Å². The van der Waals surface area contributed by atoms with Crippen LogP contribution < -0.4 is 4.74 Å². The van der Waals surface area contributed by atoms with Crippen molar-refractivity contribution in [3.63, 3.8) is 0 Å². The van der Waals surface area contributed by atoms with Crippen LogP contribution in [0.15, 0.2) is 30.3 Å². The van der Waals surface area contributed by atoms with E-state index in [9.17, 15) is 9.18 Å². The van der Waals surface area contributed by atoms with Crippen LogP contribution in [0.4, 0.5) is 4.39 Å². The third kappa shape index (κ3) is 3.31. The van der Waals surface area contributed by atoms with Gasteiger partial charge in [-0.3, -0.25) is 4.68 Å². The lowest BCUT2D eigenvalue weighted by atomic mass is 10.3. The van der Waals surface area contributed by atoms with Gasteiger partial charge in [-0.2, -0.15) is 5.10 Å². The number of halogens is 1. The van der Waals surface area contributed by atoms with Crippen LogP contribution in [-0.4, -0.2) is 27.5 Å². The number of ether oxygens (including phenoxy) is 1. The SMILES string of the molecule is Cc1cc(C(=O)O)n(CCOc2cccc(F)c2)n1. The molecule has 100 valence electrons. The van der Waals surface area contributed by atoms with E-state index in [-0.39, 0.29) is 24.7 Å². The summed E-state index contributed by atoms with van der Waals surface area (Å²) in [7, 11) is 0. The van der Waals surface area contributed by atoms with Crippen LogP contribution in [0.25, 0.3) is 0 Å². The molecule has 2 rings (SSSR count). The highest BCUT2D eigenvalue weighted by Gasteiger charge is 2.12. The second kappa shape index (κ2) is 5.51. The maximum atomic E-state index is 12.9. The lowest BCUT2D eigenvalue weighted by molar-refractivity contribution is 0.0682. The van der Waals surface area contributed by atoms with E-state index in [4.69, 9.17) is 9.84 Å². The maximum Gasteiger partial charge on any atom is 0.354 e. The quantitative estimate of drug-likeness (QED) is 0.898. The minimum Gasteiger partial charge on any atom is -0.492 e.